The summed E-state index contributed by atoms with van der Waals surface area (Å²) in [6.45, 7) is 5.45. The SMILES string of the molecule is CCCN(CC)C(=O)c1cccc(Cl)n1. The molecular weight excluding hydrogens is 212 g/mol. The van der Waals surface area contributed by atoms with Crippen molar-refractivity contribution in [1.29, 1.82) is 0 Å². The van der Waals surface area contributed by atoms with E-state index >= 15 is 0 Å². The molecule has 1 heterocycles. The lowest BCUT2D eigenvalue weighted by Gasteiger charge is -2.19. The van der Waals surface area contributed by atoms with Gasteiger partial charge in [0.15, 0.2) is 0 Å². The summed E-state index contributed by atoms with van der Waals surface area (Å²) < 4.78 is 0. The van der Waals surface area contributed by atoms with Gasteiger partial charge < -0.3 is 4.90 Å². The number of halogens is 1. The molecule has 0 atom stereocenters. The molecule has 0 aromatic carbocycles. The fraction of sp³-hybridized carbons (Fsp3) is 0.455. The molecule has 0 N–H and O–H groups in total. The predicted molar refractivity (Wildman–Crippen MR) is 61.1 cm³/mol. The summed E-state index contributed by atoms with van der Waals surface area (Å²) in [5.41, 5.74) is 0.415. The van der Waals surface area contributed by atoms with Crippen LogP contribution in [0.2, 0.25) is 5.15 Å². The van der Waals surface area contributed by atoms with E-state index in [4.69, 9.17) is 11.6 Å². The van der Waals surface area contributed by atoms with E-state index < -0.39 is 0 Å². The van der Waals surface area contributed by atoms with Gasteiger partial charge in [0.05, 0.1) is 0 Å². The van der Waals surface area contributed by atoms with E-state index in [0.717, 1.165) is 13.0 Å². The lowest BCUT2D eigenvalue weighted by Crippen LogP contribution is -2.32. The highest BCUT2D eigenvalue weighted by molar-refractivity contribution is 6.29. The Morgan fingerprint density at radius 1 is 1.47 bits per heavy atom. The standard InChI is InChI=1S/C11H15ClN2O/c1-3-8-14(4-2)11(15)9-6-5-7-10(12)13-9/h5-7H,3-4,8H2,1-2H3. The van der Waals surface area contributed by atoms with E-state index in [-0.39, 0.29) is 5.91 Å². The van der Waals surface area contributed by atoms with E-state index in [1.54, 1.807) is 23.1 Å². The van der Waals surface area contributed by atoms with Crippen molar-refractivity contribution >= 4 is 17.5 Å². The average molecular weight is 227 g/mol. The second kappa shape index (κ2) is 5.71. The summed E-state index contributed by atoms with van der Waals surface area (Å²) in [5, 5.41) is 0.355. The quantitative estimate of drug-likeness (QED) is 0.740. The maximum atomic E-state index is 11.9. The van der Waals surface area contributed by atoms with E-state index in [9.17, 15) is 4.79 Å². The smallest absolute Gasteiger partial charge is 0.272 e. The molecule has 0 fully saturated rings. The fourth-order valence-corrected chi connectivity index (χ4v) is 1.53. The van der Waals surface area contributed by atoms with Crippen molar-refractivity contribution < 1.29 is 4.79 Å². The van der Waals surface area contributed by atoms with Crippen LogP contribution in [0.5, 0.6) is 0 Å². The molecule has 0 spiro atoms. The third kappa shape index (κ3) is 3.20. The van der Waals surface area contributed by atoms with Gasteiger partial charge in [0.25, 0.3) is 5.91 Å². The summed E-state index contributed by atoms with van der Waals surface area (Å²) in [5.74, 6) is -0.0538. The largest absolute Gasteiger partial charge is 0.338 e. The van der Waals surface area contributed by atoms with E-state index in [0.29, 0.717) is 17.4 Å². The first kappa shape index (κ1) is 12.0. The van der Waals surface area contributed by atoms with Crippen LogP contribution < -0.4 is 0 Å². The Kier molecular flexibility index (Phi) is 4.56. The minimum atomic E-state index is -0.0538. The Hall–Kier alpha value is -1.09. The number of carbonyl (C=O) groups is 1. The highest BCUT2D eigenvalue weighted by Gasteiger charge is 2.14. The van der Waals surface area contributed by atoms with E-state index in [1.807, 2.05) is 13.8 Å². The van der Waals surface area contributed by atoms with Crippen molar-refractivity contribution in [1.82, 2.24) is 9.88 Å². The highest BCUT2D eigenvalue weighted by atomic mass is 35.5. The number of hydrogen-bond donors (Lipinski definition) is 0. The monoisotopic (exact) mass is 226 g/mol. The van der Waals surface area contributed by atoms with Crippen LogP contribution >= 0.6 is 11.6 Å². The molecule has 1 aromatic rings. The van der Waals surface area contributed by atoms with Crippen LogP contribution in [0.25, 0.3) is 0 Å². The molecule has 0 aliphatic carbocycles. The molecule has 4 heteroatoms. The molecule has 0 saturated heterocycles. The summed E-state index contributed by atoms with van der Waals surface area (Å²) in [7, 11) is 0. The number of hydrogen-bond acceptors (Lipinski definition) is 2. The Balaban J connectivity index is 2.82. The number of pyridine rings is 1. The normalized spacial score (nSPS) is 10.1. The summed E-state index contributed by atoms with van der Waals surface area (Å²) in [6.07, 6.45) is 0.945. The van der Waals surface area contributed by atoms with Crippen LogP contribution in [-0.4, -0.2) is 28.9 Å². The second-order valence-electron chi connectivity index (χ2n) is 3.23. The van der Waals surface area contributed by atoms with Crippen molar-refractivity contribution in [2.24, 2.45) is 0 Å². The maximum Gasteiger partial charge on any atom is 0.272 e. The first-order valence-electron chi connectivity index (χ1n) is 5.10. The highest BCUT2D eigenvalue weighted by Crippen LogP contribution is 2.08. The number of amides is 1. The molecule has 0 unspecified atom stereocenters. The fourth-order valence-electron chi connectivity index (χ4n) is 1.36. The summed E-state index contributed by atoms with van der Waals surface area (Å²) >= 11 is 5.73. The number of carbonyl (C=O) groups excluding carboxylic acids is 1. The Morgan fingerprint density at radius 3 is 2.73 bits per heavy atom. The molecule has 0 saturated carbocycles. The Labute approximate surface area is 95.1 Å². The van der Waals surface area contributed by atoms with Crippen LogP contribution in [-0.2, 0) is 0 Å². The molecule has 0 bridgehead atoms. The molecular formula is C11H15ClN2O. The van der Waals surface area contributed by atoms with Crippen molar-refractivity contribution in [3.63, 3.8) is 0 Å². The van der Waals surface area contributed by atoms with Crippen LogP contribution in [0, 0.1) is 0 Å². The third-order valence-electron chi connectivity index (χ3n) is 2.10. The van der Waals surface area contributed by atoms with E-state index in [1.165, 1.54) is 0 Å². The molecule has 1 aromatic heterocycles. The predicted octanol–water partition coefficient (Wildman–Crippen LogP) is 2.61. The van der Waals surface area contributed by atoms with Gasteiger partial charge in [-0.05, 0) is 25.5 Å². The zero-order chi connectivity index (χ0) is 11.3. The van der Waals surface area contributed by atoms with Gasteiger partial charge >= 0.3 is 0 Å². The molecule has 0 radical (unpaired) electrons. The van der Waals surface area contributed by atoms with Crippen molar-refractivity contribution in [2.75, 3.05) is 13.1 Å². The first-order chi connectivity index (χ1) is 7.19. The topological polar surface area (TPSA) is 33.2 Å². The van der Waals surface area contributed by atoms with Gasteiger partial charge in [0.1, 0.15) is 10.8 Å². The molecule has 1 amide bonds. The van der Waals surface area contributed by atoms with Crippen LogP contribution in [0.3, 0.4) is 0 Å². The zero-order valence-electron chi connectivity index (χ0n) is 9.03. The minimum Gasteiger partial charge on any atom is -0.338 e. The van der Waals surface area contributed by atoms with Crippen LogP contribution in [0.4, 0.5) is 0 Å². The average Bonchev–Trinajstić information content (AvgIpc) is 2.25. The van der Waals surface area contributed by atoms with Gasteiger partial charge in [-0.1, -0.05) is 24.6 Å². The summed E-state index contributed by atoms with van der Waals surface area (Å²) in [6, 6.07) is 5.09. The molecule has 1 rings (SSSR count). The van der Waals surface area contributed by atoms with Crippen molar-refractivity contribution in [2.45, 2.75) is 20.3 Å². The first-order valence-corrected chi connectivity index (χ1v) is 5.48. The zero-order valence-corrected chi connectivity index (χ0v) is 9.79. The number of rotatable bonds is 4. The molecule has 3 nitrogen and oxygen atoms in total. The van der Waals surface area contributed by atoms with Crippen LogP contribution in [0.15, 0.2) is 18.2 Å². The number of nitrogens with zero attached hydrogens (tertiary/aromatic N) is 2. The van der Waals surface area contributed by atoms with Gasteiger partial charge in [-0.2, -0.15) is 0 Å². The van der Waals surface area contributed by atoms with Gasteiger partial charge in [0, 0.05) is 13.1 Å². The van der Waals surface area contributed by atoms with Crippen molar-refractivity contribution in [3.8, 4) is 0 Å². The van der Waals surface area contributed by atoms with Gasteiger partial charge in [-0.25, -0.2) is 4.98 Å². The second-order valence-corrected chi connectivity index (χ2v) is 3.62. The van der Waals surface area contributed by atoms with Gasteiger partial charge in [0.2, 0.25) is 0 Å². The lowest BCUT2D eigenvalue weighted by atomic mass is 10.3. The molecule has 82 valence electrons. The number of aromatic nitrogens is 1. The Bertz CT molecular complexity index is 341. The van der Waals surface area contributed by atoms with Crippen LogP contribution in [0.1, 0.15) is 30.8 Å². The van der Waals surface area contributed by atoms with Gasteiger partial charge in [-0.3, -0.25) is 4.79 Å². The summed E-state index contributed by atoms with van der Waals surface area (Å²) in [4.78, 5) is 17.7. The molecule has 0 aliphatic rings. The maximum absolute atomic E-state index is 11.9. The minimum absolute atomic E-state index is 0.0538. The van der Waals surface area contributed by atoms with Crippen molar-refractivity contribution in [3.05, 3.63) is 29.0 Å². The van der Waals surface area contributed by atoms with Gasteiger partial charge in [-0.15, -0.1) is 0 Å². The molecule has 0 aliphatic heterocycles. The lowest BCUT2D eigenvalue weighted by molar-refractivity contribution is 0.0758. The third-order valence-corrected chi connectivity index (χ3v) is 2.31. The van der Waals surface area contributed by atoms with E-state index in [2.05, 4.69) is 4.98 Å². The Morgan fingerprint density at radius 2 is 2.20 bits per heavy atom. The molecule has 15 heavy (non-hydrogen) atoms.